The molecular formula is C18H19N3O4S2. The largest absolute Gasteiger partial charge is 0.348 e. The van der Waals surface area contributed by atoms with Crippen LogP contribution in [0.5, 0.6) is 0 Å². The quantitative estimate of drug-likeness (QED) is 0.492. The first-order valence-corrected chi connectivity index (χ1v) is 11.1. The third kappa shape index (κ3) is 3.67. The fraction of sp³-hybridized carbons (Fsp3) is 0.333. The number of rotatable bonds is 4. The Kier molecular flexibility index (Phi) is 4.83. The van der Waals surface area contributed by atoms with E-state index < -0.39 is 14.9 Å². The summed E-state index contributed by atoms with van der Waals surface area (Å²) in [5.74, 6) is 0. The molecule has 0 aromatic heterocycles. The molecule has 7 nitrogen and oxygen atoms in total. The Balaban J connectivity index is 1.73. The number of sulfonamides is 1. The van der Waals surface area contributed by atoms with E-state index >= 15 is 0 Å². The van der Waals surface area contributed by atoms with E-state index in [1.807, 2.05) is 24.3 Å². The molecule has 2 aromatic rings. The molecule has 0 atom stereocenters. The normalized spacial score (nSPS) is 16.9. The highest BCUT2D eigenvalue weighted by Crippen LogP contribution is 2.48. The minimum Gasteiger partial charge on any atom is -0.348 e. The lowest BCUT2D eigenvalue weighted by atomic mass is 9.96. The van der Waals surface area contributed by atoms with Crippen molar-refractivity contribution in [1.29, 1.82) is 0 Å². The predicted octanol–water partition coefficient (Wildman–Crippen LogP) is 4.41. The SMILES string of the molecule is O=[N+]([O-])c1cc(S(=O)(=O)NC2CCCCC2)cc2c1Nc1ccccc1S2. The molecule has 0 bridgehead atoms. The molecular weight excluding hydrogens is 386 g/mol. The maximum Gasteiger partial charge on any atom is 0.295 e. The van der Waals surface area contributed by atoms with Crippen LogP contribution < -0.4 is 10.0 Å². The molecule has 0 unspecified atom stereocenters. The molecule has 2 aromatic carbocycles. The fourth-order valence-electron chi connectivity index (χ4n) is 3.50. The average molecular weight is 406 g/mol. The van der Waals surface area contributed by atoms with Gasteiger partial charge in [-0.15, -0.1) is 0 Å². The summed E-state index contributed by atoms with van der Waals surface area (Å²) >= 11 is 1.33. The van der Waals surface area contributed by atoms with Crippen LogP contribution in [0, 0.1) is 10.1 Å². The molecule has 142 valence electrons. The van der Waals surface area contributed by atoms with Gasteiger partial charge in [0.1, 0.15) is 5.69 Å². The minimum absolute atomic E-state index is 0.0628. The number of nitro benzene ring substituents is 1. The molecule has 1 fully saturated rings. The van der Waals surface area contributed by atoms with E-state index in [9.17, 15) is 18.5 Å². The summed E-state index contributed by atoms with van der Waals surface area (Å²) in [6.45, 7) is 0. The molecule has 1 saturated carbocycles. The molecule has 1 heterocycles. The molecule has 0 spiro atoms. The topological polar surface area (TPSA) is 101 Å². The zero-order valence-electron chi connectivity index (χ0n) is 14.5. The van der Waals surface area contributed by atoms with Gasteiger partial charge >= 0.3 is 0 Å². The number of nitrogens with one attached hydrogen (secondary N) is 2. The van der Waals surface area contributed by atoms with Crippen LogP contribution in [0.3, 0.4) is 0 Å². The van der Waals surface area contributed by atoms with Gasteiger partial charge in [-0.25, -0.2) is 13.1 Å². The number of nitro groups is 1. The number of benzene rings is 2. The Morgan fingerprint density at radius 2 is 1.85 bits per heavy atom. The molecule has 9 heteroatoms. The van der Waals surface area contributed by atoms with Gasteiger partial charge in [0.2, 0.25) is 10.0 Å². The second kappa shape index (κ2) is 7.14. The van der Waals surface area contributed by atoms with Crippen molar-refractivity contribution in [2.45, 2.75) is 52.8 Å². The monoisotopic (exact) mass is 405 g/mol. The minimum atomic E-state index is -3.82. The van der Waals surface area contributed by atoms with E-state index in [0.717, 1.165) is 48.8 Å². The van der Waals surface area contributed by atoms with Crippen LogP contribution in [0.15, 0.2) is 51.1 Å². The van der Waals surface area contributed by atoms with Gasteiger partial charge < -0.3 is 5.32 Å². The zero-order valence-corrected chi connectivity index (χ0v) is 16.1. The van der Waals surface area contributed by atoms with Crippen LogP contribution >= 0.6 is 11.8 Å². The van der Waals surface area contributed by atoms with E-state index in [1.54, 1.807) is 0 Å². The highest BCUT2D eigenvalue weighted by molar-refractivity contribution is 7.99. The van der Waals surface area contributed by atoms with Crippen molar-refractivity contribution < 1.29 is 13.3 Å². The maximum atomic E-state index is 12.8. The van der Waals surface area contributed by atoms with Crippen LogP contribution in [-0.2, 0) is 10.0 Å². The van der Waals surface area contributed by atoms with Crippen LogP contribution in [-0.4, -0.2) is 19.4 Å². The van der Waals surface area contributed by atoms with Gasteiger partial charge in [0.25, 0.3) is 5.69 Å². The maximum absolute atomic E-state index is 12.8. The van der Waals surface area contributed by atoms with Crippen molar-refractivity contribution in [1.82, 2.24) is 4.72 Å². The number of hydrogen-bond donors (Lipinski definition) is 2. The van der Waals surface area contributed by atoms with Gasteiger partial charge in [-0.3, -0.25) is 10.1 Å². The lowest BCUT2D eigenvalue weighted by Crippen LogP contribution is -2.36. The molecule has 0 radical (unpaired) electrons. The van der Waals surface area contributed by atoms with E-state index in [-0.39, 0.29) is 16.6 Å². The summed E-state index contributed by atoms with van der Waals surface area (Å²) in [5.41, 5.74) is 0.868. The predicted molar refractivity (Wildman–Crippen MR) is 104 cm³/mol. The molecule has 2 N–H and O–H groups in total. The van der Waals surface area contributed by atoms with Crippen molar-refractivity contribution in [2.24, 2.45) is 0 Å². The van der Waals surface area contributed by atoms with Gasteiger partial charge in [-0.2, -0.15) is 0 Å². The number of nitrogens with zero attached hydrogens (tertiary/aromatic N) is 1. The Bertz CT molecular complexity index is 1000. The van der Waals surface area contributed by atoms with Gasteiger partial charge in [-0.1, -0.05) is 43.2 Å². The Morgan fingerprint density at radius 3 is 2.59 bits per heavy atom. The Morgan fingerprint density at radius 1 is 1.11 bits per heavy atom. The van der Waals surface area contributed by atoms with Gasteiger partial charge in [0.05, 0.1) is 15.5 Å². The van der Waals surface area contributed by atoms with Gasteiger partial charge in [-0.05, 0) is 31.0 Å². The summed E-state index contributed by atoms with van der Waals surface area (Å²) < 4.78 is 28.4. The van der Waals surface area contributed by atoms with Gasteiger partial charge in [0, 0.05) is 21.9 Å². The van der Waals surface area contributed by atoms with Crippen molar-refractivity contribution in [2.75, 3.05) is 5.32 Å². The number of hydrogen-bond acceptors (Lipinski definition) is 6. The van der Waals surface area contributed by atoms with Crippen molar-refractivity contribution in [3.8, 4) is 0 Å². The van der Waals surface area contributed by atoms with Crippen molar-refractivity contribution in [3.63, 3.8) is 0 Å². The first kappa shape index (κ1) is 18.3. The molecule has 1 aliphatic carbocycles. The summed E-state index contributed by atoms with van der Waals surface area (Å²) in [7, 11) is -3.82. The van der Waals surface area contributed by atoms with Crippen LogP contribution in [0.2, 0.25) is 0 Å². The summed E-state index contributed by atoms with van der Waals surface area (Å²) in [6.07, 6.45) is 4.71. The van der Waals surface area contributed by atoms with Crippen LogP contribution in [0.25, 0.3) is 0 Å². The molecule has 27 heavy (non-hydrogen) atoms. The fourth-order valence-corrected chi connectivity index (χ4v) is 5.98. The van der Waals surface area contributed by atoms with E-state index in [0.29, 0.717) is 10.6 Å². The van der Waals surface area contributed by atoms with Crippen molar-refractivity contribution >= 4 is 38.8 Å². The van der Waals surface area contributed by atoms with Gasteiger partial charge in [0.15, 0.2) is 0 Å². The van der Waals surface area contributed by atoms with Crippen LogP contribution in [0.1, 0.15) is 32.1 Å². The lowest BCUT2D eigenvalue weighted by molar-refractivity contribution is -0.384. The summed E-state index contributed by atoms with van der Waals surface area (Å²) in [5, 5.41) is 14.7. The molecule has 0 amide bonds. The van der Waals surface area contributed by atoms with Crippen LogP contribution in [0.4, 0.5) is 17.1 Å². The molecule has 1 aliphatic heterocycles. The molecule has 0 saturated heterocycles. The third-order valence-corrected chi connectivity index (χ3v) is 7.47. The highest BCUT2D eigenvalue weighted by Gasteiger charge is 2.30. The van der Waals surface area contributed by atoms with E-state index in [4.69, 9.17) is 0 Å². The smallest absolute Gasteiger partial charge is 0.295 e. The highest BCUT2D eigenvalue weighted by atomic mass is 32.2. The first-order valence-electron chi connectivity index (χ1n) is 8.83. The standard InChI is InChI=1S/C18H19N3O4S2/c22-21(23)15-10-13(27(24,25)20-12-6-2-1-3-7-12)11-17-18(15)19-14-8-4-5-9-16(14)26-17/h4-5,8-12,19-20H,1-3,6-7H2. The van der Waals surface area contributed by atoms with E-state index in [1.165, 1.54) is 17.8 Å². The molecule has 2 aliphatic rings. The third-order valence-electron chi connectivity index (χ3n) is 4.86. The number of fused-ring (bicyclic) bond motifs is 2. The summed E-state index contributed by atoms with van der Waals surface area (Å²) in [6, 6.07) is 10.00. The molecule has 4 rings (SSSR count). The van der Waals surface area contributed by atoms with E-state index in [2.05, 4.69) is 10.0 Å². The number of anilines is 2. The first-order chi connectivity index (χ1) is 12.9. The summed E-state index contributed by atoms with van der Waals surface area (Å²) in [4.78, 5) is 12.4. The van der Waals surface area contributed by atoms with Crippen molar-refractivity contribution in [3.05, 3.63) is 46.5 Å². The lowest BCUT2D eigenvalue weighted by Gasteiger charge is -2.24. The second-order valence-corrected chi connectivity index (χ2v) is 9.55. The average Bonchev–Trinajstić information content (AvgIpc) is 2.65. The Hall–Kier alpha value is -2.10. The Labute approximate surface area is 161 Å². The zero-order chi connectivity index (χ0) is 19.0. The number of para-hydroxylation sites is 1. The second-order valence-electron chi connectivity index (χ2n) is 6.75.